The van der Waals surface area contributed by atoms with Gasteiger partial charge in [-0.2, -0.15) is 0 Å². The molecule has 0 unspecified atom stereocenters. The predicted molar refractivity (Wildman–Crippen MR) is 30.2 cm³/mol. The molecule has 0 aromatic rings. The van der Waals surface area contributed by atoms with Crippen LogP contribution in [0.15, 0.2) is 3.39 Å². The molecule has 3 heteroatoms. The van der Waals surface area contributed by atoms with Crippen LogP contribution in [0.1, 0.15) is 26.7 Å². The van der Waals surface area contributed by atoms with Gasteiger partial charge in [0.15, 0.2) is 0 Å². The first-order valence-corrected chi connectivity index (χ1v) is 5.01. The Morgan fingerprint density at radius 2 is 2.00 bits per heavy atom. The van der Waals surface area contributed by atoms with E-state index >= 15 is 0 Å². The van der Waals surface area contributed by atoms with Crippen molar-refractivity contribution < 1.29 is 21.5 Å². The molecule has 50 valence electrons. The molecule has 0 spiro atoms. The third kappa shape index (κ3) is 3.35. The van der Waals surface area contributed by atoms with Gasteiger partial charge in [0.2, 0.25) is 0 Å². The average molecular weight is 228 g/mol. The van der Waals surface area contributed by atoms with Crippen molar-refractivity contribution in [1.29, 1.82) is 0 Å². The molecular weight excluding hydrogens is 217 g/mol. The number of halogens is 1. The number of rotatable bonds is 4. The van der Waals surface area contributed by atoms with Gasteiger partial charge in [-0.15, -0.1) is 0 Å². The van der Waals surface area contributed by atoms with E-state index in [1.54, 1.807) is 0 Å². The molecule has 0 saturated heterocycles. The quantitative estimate of drug-likeness (QED) is 0.343. The predicted octanol–water partition coefficient (Wildman–Crippen LogP) is -1.05. The summed E-state index contributed by atoms with van der Waals surface area (Å²) in [5, 5.41) is 0. The van der Waals surface area contributed by atoms with Crippen LogP contribution in [0.25, 0.3) is 0 Å². The fourth-order valence-electron chi connectivity index (χ4n) is 0.483. The molecule has 0 atom stereocenters. The molecule has 0 amide bonds. The Kier molecular flexibility index (Phi) is 5.69. The summed E-state index contributed by atoms with van der Waals surface area (Å²) < 4.78 is 3.57. The van der Waals surface area contributed by atoms with Crippen LogP contribution in [0.4, 0.5) is 0 Å². The van der Waals surface area contributed by atoms with E-state index < -0.39 is 0 Å². The summed E-state index contributed by atoms with van der Waals surface area (Å²) in [6.45, 7) is 4.22. The molecule has 0 aromatic heterocycles. The van der Waals surface area contributed by atoms with E-state index in [1.165, 1.54) is 0 Å². The van der Waals surface area contributed by atoms with Crippen LogP contribution < -0.4 is 21.5 Å². The van der Waals surface area contributed by atoms with Gasteiger partial charge in [-0.1, -0.05) is 0 Å². The number of nitrogens with zero attached hydrogens (tertiary/aromatic N) is 1. The van der Waals surface area contributed by atoms with Gasteiger partial charge >= 0.3 is 60.4 Å². The summed E-state index contributed by atoms with van der Waals surface area (Å²) in [5.41, 5.74) is 0. The summed E-state index contributed by atoms with van der Waals surface area (Å²) in [6.07, 6.45) is 2.24. The van der Waals surface area contributed by atoms with Crippen molar-refractivity contribution in [1.82, 2.24) is 0 Å². The standard InChI is InChI=1S/C5H11INO/c1-3-5(4-2)6-7-8/h5H,3-4H2,1-2H3/q-1. The molecule has 8 heavy (non-hydrogen) atoms. The van der Waals surface area contributed by atoms with E-state index in [1.807, 2.05) is 0 Å². The van der Waals surface area contributed by atoms with E-state index in [9.17, 15) is 4.91 Å². The Bertz CT molecular complexity index is 63.4. The topological polar surface area (TPSA) is 29.4 Å². The summed E-state index contributed by atoms with van der Waals surface area (Å²) in [7, 11) is 0. The minimum atomic E-state index is -0.369. The Morgan fingerprint density at radius 3 is 2.12 bits per heavy atom. The van der Waals surface area contributed by atoms with Gasteiger partial charge in [0, 0.05) is 0 Å². The second kappa shape index (κ2) is 5.47. The van der Waals surface area contributed by atoms with Crippen molar-refractivity contribution in [3.05, 3.63) is 4.91 Å². The molecule has 0 bridgehead atoms. The first kappa shape index (κ1) is 8.33. The molecular formula is C5H11INO-. The van der Waals surface area contributed by atoms with E-state index in [0.29, 0.717) is 3.92 Å². The van der Waals surface area contributed by atoms with Crippen LogP contribution in [-0.2, 0) is 0 Å². The van der Waals surface area contributed by atoms with Gasteiger partial charge in [0.1, 0.15) is 0 Å². The SMILES string of the molecule is CCC(CC)[I-]N=O. The summed E-state index contributed by atoms with van der Waals surface area (Å²) in [4.78, 5) is 9.73. The van der Waals surface area contributed by atoms with Crippen molar-refractivity contribution in [3.8, 4) is 0 Å². The Morgan fingerprint density at radius 1 is 1.50 bits per heavy atom. The van der Waals surface area contributed by atoms with E-state index in [-0.39, 0.29) is 21.5 Å². The summed E-state index contributed by atoms with van der Waals surface area (Å²) in [5.74, 6) is 0. The monoisotopic (exact) mass is 228 g/mol. The second-order valence-corrected chi connectivity index (χ2v) is 4.29. The molecule has 2 nitrogen and oxygen atoms in total. The normalized spacial score (nSPS) is 10.4. The van der Waals surface area contributed by atoms with Crippen molar-refractivity contribution in [2.75, 3.05) is 0 Å². The van der Waals surface area contributed by atoms with Crippen molar-refractivity contribution in [3.63, 3.8) is 0 Å². The Hall–Kier alpha value is 0.330. The molecule has 0 radical (unpaired) electrons. The third-order valence-electron chi connectivity index (χ3n) is 1.06. The zero-order valence-electron chi connectivity index (χ0n) is 5.22. The van der Waals surface area contributed by atoms with Gasteiger partial charge in [0.05, 0.1) is 0 Å². The fourth-order valence-corrected chi connectivity index (χ4v) is 1.59. The zero-order valence-corrected chi connectivity index (χ0v) is 7.38. The van der Waals surface area contributed by atoms with Crippen LogP contribution in [0.2, 0.25) is 0 Å². The zero-order chi connectivity index (χ0) is 6.41. The molecule has 0 aliphatic rings. The van der Waals surface area contributed by atoms with Crippen LogP contribution >= 0.6 is 0 Å². The van der Waals surface area contributed by atoms with E-state index in [4.69, 9.17) is 0 Å². The summed E-state index contributed by atoms with van der Waals surface area (Å²) in [6, 6.07) is 0. The van der Waals surface area contributed by atoms with Gasteiger partial charge in [-0.3, -0.25) is 0 Å². The van der Waals surface area contributed by atoms with Gasteiger partial charge < -0.3 is 0 Å². The maximum absolute atomic E-state index is 9.73. The van der Waals surface area contributed by atoms with Crippen LogP contribution in [0.5, 0.6) is 0 Å². The fraction of sp³-hybridized carbons (Fsp3) is 1.00. The Balaban J connectivity index is 3.20. The first-order valence-electron chi connectivity index (χ1n) is 2.80. The van der Waals surface area contributed by atoms with Crippen molar-refractivity contribution in [2.45, 2.75) is 30.6 Å². The average Bonchev–Trinajstić information content (AvgIpc) is 1.83. The molecule has 0 rings (SSSR count). The first-order chi connectivity index (χ1) is 3.85. The van der Waals surface area contributed by atoms with Crippen molar-refractivity contribution in [2.24, 2.45) is 3.39 Å². The molecule has 0 aromatic carbocycles. The van der Waals surface area contributed by atoms with E-state index in [2.05, 4.69) is 17.2 Å². The maximum atomic E-state index is 9.73. The Labute approximate surface area is 60.6 Å². The molecule has 0 aliphatic heterocycles. The molecule has 0 saturated carbocycles. The van der Waals surface area contributed by atoms with Gasteiger partial charge in [0.25, 0.3) is 0 Å². The van der Waals surface area contributed by atoms with Gasteiger partial charge in [-0.05, 0) is 0 Å². The minimum absolute atomic E-state index is 0.369. The number of hydrogen-bond acceptors (Lipinski definition) is 2. The second-order valence-electron chi connectivity index (χ2n) is 1.58. The van der Waals surface area contributed by atoms with Crippen LogP contribution in [0.3, 0.4) is 0 Å². The number of alkyl halides is 1. The molecule has 0 N–H and O–H groups in total. The van der Waals surface area contributed by atoms with Crippen LogP contribution in [0, 0.1) is 4.91 Å². The molecule has 0 aliphatic carbocycles. The third-order valence-corrected chi connectivity index (χ3v) is 3.84. The van der Waals surface area contributed by atoms with E-state index in [0.717, 1.165) is 12.8 Å². The molecule has 0 fully saturated rings. The number of nitroso groups, excluding NO2 is 1. The molecule has 0 heterocycles. The van der Waals surface area contributed by atoms with Crippen LogP contribution in [-0.4, -0.2) is 3.92 Å². The number of hydrogen-bond donors (Lipinski definition) is 0. The van der Waals surface area contributed by atoms with Crippen molar-refractivity contribution >= 4 is 0 Å². The van der Waals surface area contributed by atoms with Gasteiger partial charge in [-0.25, -0.2) is 0 Å². The summed E-state index contributed by atoms with van der Waals surface area (Å²) >= 11 is -0.369.